The van der Waals surface area contributed by atoms with E-state index in [0.29, 0.717) is 17.7 Å². The summed E-state index contributed by atoms with van der Waals surface area (Å²) in [7, 11) is 1.34. The first-order valence-corrected chi connectivity index (χ1v) is 6.99. The minimum absolute atomic E-state index is 0.0558. The van der Waals surface area contributed by atoms with Crippen LogP contribution in [0, 0.1) is 0 Å². The van der Waals surface area contributed by atoms with E-state index in [1.54, 1.807) is 6.07 Å². The lowest BCUT2D eigenvalue weighted by Gasteiger charge is -1.98. The van der Waals surface area contributed by atoms with Crippen molar-refractivity contribution < 1.29 is 14.3 Å². The Morgan fingerprint density at radius 1 is 1.38 bits per heavy atom. The molecule has 1 rings (SSSR count). The molecule has 0 fully saturated rings. The Balaban J connectivity index is 2.44. The second-order valence-electron chi connectivity index (χ2n) is 3.09. The SMILES string of the molecule is COC(=O)CCCC(=O)c1cc(Br)c(Br)s1. The molecule has 0 saturated heterocycles. The molecule has 0 radical (unpaired) electrons. The van der Waals surface area contributed by atoms with Gasteiger partial charge < -0.3 is 4.74 Å². The highest BCUT2D eigenvalue weighted by Gasteiger charge is 2.12. The maximum absolute atomic E-state index is 11.7. The minimum atomic E-state index is -0.277. The van der Waals surface area contributed by atoms with Crippen molar-refractivity contribution in [2.45, 2.75) is 19.3 Å². The quantitative estimate of drug-likeness (QED) is 0.585. The van der Waals surface area contributed by atoms with E-state index in [-0.39, 0.29) is 18.2 Å². The van der Waals surface area contributed by atoms with Crippen molar-refractivity contribution in [3.63, 3.8) is 0 Å². The maximum Gasteiger partial charge on any atom is 0.305 e. The molecule has 0 amide bonds. The lowest BCUT2D eigenvalue weighted by Crippen LogP contribution is -2.02. The molecule has 1 aromatic heterocycles. The third-order valence-electron chi connectivity index (χ3n) is 1.93. The number of carbonyl (C=O) groups excluding carboxylic acids is 2. The van der Waals surface area contributed by atoms with Crippen LogP contribution < -0.4 is 0 Å². The second-order valence-corrected chi connectivity index (χ2v) is 6.31. The van der Waals surface area contributed by atoms with Gasteiger partial charge in [0.25, 0.3) is 0 Å². The van der Waals surface area contributed by atoms with Gasteiger partial charge in [0.15, 0.2) is 5.78 Å². The Labute approximate surface area is 114 Å². The molecule has 1 heterocycles. The van der Waals surface area contributed by atoms with Crippen molar-refractivity contribution in [1.29, 1.82) is 0 Å². The monoisotopic (exact) mass is 368 g/mol. The number of methoxy groups -OCH3 is 1. The molecule has 6 heteroatoms. The molecule has 0 aliphatic heterocycles. The molecule has 0 bridgehead atoms. The van der Waals surface area contributed by atoms with Gasteiger partial charge in [-0.1, -0.05) is 0 Å². The number of ketones is 1. The van der Waals surface area contributed by atoms with Gasteiger partial charge in [-0.15, -0.1) is 11.3 Å². The van der Waals surface area contributed by atoms with Crippen LogP contribution in [-0.4, -0.2) is 18.9 Å². The molecule has 0 spiro atoms. The normalized spacial score (nSPS) is 10.2. The smallest absolute Gasteiger partial charge is 0.305 e. The average molecular weight is 370 g/mol. The number of rotatable bonds is 5. The van der Waals surface area contributed by atoms with E-state index >= 15 is 0 Å². The summed E-state index contributed by atoms with van der Waals surface area (Å²) < 4.78 is 6.29. The molecule has 3 nitrogen and oxygen atoms in total. The largest absolute Gasteiger partial charge is 0.469 e. The number of thiophene rings is 1. The first-order valence-electron chi connectivity index (χ1n) is 4.59. The van der Waals surface area contributed by atoms with Crippen LogP contribution in [0.4, 0.5) is 0 Å². The summed E-state index contributed by atoms with van der Waals surface area (Å²) in [5.41, 5.74) is 0. The molecule has 16 heavy (non-hydrogen) atoms. The van der Waals surface area contributed by atoms with Crippen LogP contribution in [0.5, 0.6) is 0 Å². The molecular weight excluding hydrogens is 360 g/mol. The Bertz CT molecular complexity index is 381. The van der Waals surface area contributed by atoms with E-state index in [0.717, 1.165) is 8.26 Å². The molecule has 0 aromatic carbocycles. The van der Waals surface area contributed by atoms with Crippen molar-refractivity contribution in [3.05, 3.63) is 19.2 Å². The first-order chi connectivity index (χ1) is 7.54. The first kappa shape index (κ1) is 13.9. The summed E-state index contributed by atoms with van der Waals surface area (Å²) in [6.07, 6.45) is 1.18. The highest BCUT2D eigenvalue weighted by molar-refractivity contribution is 9.13. The fourth-order valence-electron chi connectivity index (χ4n) is 1.10. The molecule has 0 saturated carbocycles. The summed E-state index contributed by atoms with van der Waals surface area (Å²) in [5, 5.41) is 0. The van der Waals surface area contributed by atoms with Gasteiger partial charge in [0, 0.05) is 17.3 Å². The number of Topliss-reactive ketones (excluding diaryl/α,β-unsaturated/α-hetero) is 1. The molecule has 1 aromatic rings. The van der Waals surface area contributed by atoms with E-state index in [1.807, 2.05) is 0 Å². The number of carbonyl (C=O) groups is 2. The lowest BCUT2D eigenvalue weighted by atomic mass is 10.1. The predicted molar refractivity (Wildman–Crippen MR) is 69.9 cm³/mol. The zero-order chi connectivity index (χ0) is 12.1. The molecule has 0 N–H and O–H groups in total. The van der Waals surface area contributed by atoms with Crippen molar-refractivity contribution in [1.82, 2.24) is 0 Å². The third-order valence-corrected chi connectivity index (χ3v) is 5.23. The van der Waals surface area contributed by atoms with Gasteiger partial charge in [-0.2, -0.15) is 0 Å². The maximum atomic E-state index is 11.7. The van der Waals surface area contributed by atoms with Gasteiger partial charge in [-0.25, -0.2) is 0 Å². The fourth-order valence-corrected chi connectivity index (χ4v) is 3.11. The van der Waals surface area contributed by atoms with Gasteiger partial charge in [0.2, 0.25) is 0 Å². The van der Waals surface area contributed by atoms with Crippen molar-refractivity contribution in [2.24, 2.45) is 0 Å². The number of esters is 1. The van der Waals surface area contributed by atoms with Crippen molar-refractivity contribution >= 4 is 54.9 Å². The van der Waals surface area contributed by atoms with Gasteiger partial charge in [0.1, 0.15) is 0 Å². The van der Waals surface area contributed by atoms with E-state index in [4.69, 9.17) is 0 Å². The zero-order valence-electron chi connectivity index (χ0n) is 8.59. The Morgan fingerprint density at radius 2 is 2.06 bits per heavy atom. The molecule has 88 valence electrons. The van der Waals surface area contributed by atoms with Crippen LogP contribution in [0.15, 0.2) is 14.3 Å². The van der Waals surface area contributed by atoms with Gasteiger partial charge >= 0.3 is 5.97 Å². The fraction of sp³-hybridized carbons (Fsp3) is 0.400. The van der Waals surface area contributed by atoms with Gasteiger partial charge in [-0.05, 0) is 44.3 Å². The second kappa shape index (κ2) is 6.51. The van der Waals surface area contributed by atoms with E-state index < -0.39 is 0 Å². The number of halogens is 2. The van der Waals surface area contributed by atoms with Gasteiger partial charge in [-0.3, -0.25) is 9.59 Å². The highest BCUT2D eigenvalue weighted by atomic mass is 79.9. The molecule has 0 aliphatic carbocycles. The standard InChI is InChI=1S/C10H10Br2O3S/c1-15-9(14)4-2-3-7(13)8-5-6(11)10(12)16-8/h5H,2-4H2,1H3. The van der Waals surface area contributed by atoms with Crippen molar-refractivity contribution in [2.75, 3.05) is 7.11 Å². The summed E-state index contributed by atoms with van der Waals surface area (Å²) in [4.78, 5) is 23.2. The molecule has 0 atom stereocenters. The summed E-state index contributed by atoms with van der Waals surface area (Å²) >= 11 is 8.05. The molecule has 0 aliphatic rings. The van der Waals surface area contributed by atoms with Crippen LogP contribution in [0.25, 0.3) is 0 Å². The summed E-state index contributed by atoms with van der Waals surface area (Å²) in [5.74, 6) is -0.221. The minimum Gasteiger partial charge on any atom is -0.469 e. The van der Waals surface area contributed by atoms with E-state index in [2.05, 4.69) is 36.6 Å². The Morgan fingerprint density at radius 3 is 2.56 bits per heavy atom. The number of ether oxygens (including phenoxy) is 1. The Hall–Kier alpha value is -0.200. The van der Waals surface area contributed by atoms with Crippen LogP contribution in [0.3, 0.4) is 0 Å². The number of hydrogen-bond donors (Lipinski definition) is 0. The van der Waals surface area contributed by atoms with E-state index in [1.165, 1.54) is 18.4 Å². The summed E-state index contributed by atoms with van der Waals surface area (Å²) in [6, 6.07) is 1.79. The molecule has 0 unspecified atom stereocenters. The van der Waals surface area contributed by atoms with Crippen LogP contribution >= 0.6 is 43.2 Å². The highest BCUT2D eigenvalue weighted by Crippen LogP contribution is 2.33. The van der Waals surface area contributed by atoms with Crippen LogP contribution in [0.2, 0.25) is 0 Å². The van der Waals surface area contributed by atoms with Crippen molar-refractivity contribution in [3.8, 4) is 0 Å². The predicted octanol–water partition coefficient (Wildman–Crippen LogP) is 3.80. The number of hydrogen-bond acceptors (Lipinski definition) is 4. The zero-order valence-corrected chi connectivity index (χ0v) is 12.6. The Kier molecular flexibility index (Phi) is 5.64. The summed E-state index contributed by atoms with van der Waals surface area (Å²) in [6.45, 7) is 0. The third kappa shape index (κ3) is 3.99. The topological polar surface area (TPSA) is 43.4 Å². The van der Waals surface area contributed by atoms with Crippen LogP contribution in [-0.2, 0) is 9.53 Å². The van der Waals surface area contributed by atoms with Gasteiger partial charge in [0.05, 0.1) is 15.8 Å². The lowest BCUT2D eigenvalue weighted by molar-refractivity contribution is -0.140. The van der Waals surface area contributed by atoms with E-state index in [9.17, 15) is 9.59 Å². The molecular formula is C10H10Br2O3S. The average Bonchev–Trinajstić information content (AvgIpc) is 2.59. The van der Waals surface area contributed by atoms with Crippen LogP contribution in [0.1, 0.15) is 28.9 Å².